The number of aliphatic hydroxyl groups is 1. The number of fused-ring (bicyclic) bond motifs is 1. The molecule has 0 amide bonds. The van der Waals surface area contributed by atoms with Crippen LogP contribution in [0.3, 0.4) is 0 Å². The fourth-order valence-electron chi connectivity index (χ4n) is 2.85. The average molecular weight is 450 g/mol. The van der Waals surface area contributed by atoms with Crippen LogP contribution in [0.5, 0.6) is 0 Å². The Morgan fingerprint density at radius 3 is 2.83 bits per heavy atom. The first-order chi connectivity index (χ1) is 11.3. The summed E-state index contributed by atoms with van der Waals surface area (Å²) in [5, 5.41) is 10.2. The van der Waals surface area contributed by atoms with Crippen LogP contribution < -0.4 is 10.6 Å². The highest BCUT2D eigenvalue weighted by molar-refractivity contribution is 14.1. The van der Waals surface area contributed by atoms with Gasteiger partial charge in [0.15, 0.2) is 28.9 Å². The highest BCUT2D eigenvalue weighted by atomic mass is 127. The zero-order valence-electron chi connectivity index (χ0n) is 13.6. The lowest BCUT2D eigenvalue weighted by molar-refractivity contribution is -0.0413. The summed E-state index contributed by atoms with van der Waals surface area (Å²) in [5.41, 5.74) is 4.74. The van der Waals surface area contributed by atoms with Gasteiger partial charge in [0.25, 0.3) is 0 Å². The van der Waals surface area contributed by atoms with Gasteiger partial charge in [-0.05, 0) is 13.8 Å². The van der Waals surface area contributed by atoms with Gasteiger partial charge in [-0.25, -0.2) is 9.37 Å². The standard InChI is InChI=1S/C14H20FIN6O2/c1-4-21(3)10-8-11(20-13(17)19-10)22(6-18-8)12-14(2,15)9(23)7(5-16)24-12/h6-7,9,12,23H,4-5H2,1-3H3,(H2,17,19,20)/t7-,9+,12+,14+/m0/s1. The van der Waals surface area contributed by atoms with E-state index in [1.165, 1.54) is 17.8 Å². The molecule has 2 aromatic heterocycles. The van der Waals surface area contributed by atoms with Gasteiger partial charge in [0.2, 0.25) is 5.95 Å². The topological polar surface area (TPSA) is 102 Å². The number of aliphatic hydroxyl groups excluding tert-OH is 1. The second-order valence-corrected chi connectivity index (χ2v) is 6.90. The lowest BCUT2D eigenvalue weighted by atomic mass is 9.99. The average Bonchev–Trinajstić information content (AvgIpc) is 3.05. The fourth-order valence-corrected chi connectivity index (χ4v) is 3.54. The molecule has 1 aliphatic rings. The van der Waals surface area contributed by atoms with Crippen LogP contribution in [0.15, 0.2) is 6.33 Å². The van der Waals surface area contributed by atoms with Gasteiger partial charge in [0, 0.05) is 18.0 Å². The van der Waals surface area contributed by atoms with Crippen LogP contribution in [0, 0.1) is 0 Å². The van der Waals surface area contributed by atoms with Gasteiger partial charge in [-0.3, -0.25) is 4.57 Å². The molecule has 0 bridgehead atoms. The minimum Gasteiger partial charge on any atom is -0.387 e. The lowest BCUT2D eigenvalue weighted by Gasteiger charge is -2.24. The number of aromatic nitrogens is 4. The van der Waals surface area contributed by atoms with Crippen LogP contribution in [-0.4, -0.2) is 60.5 Å². The van der Waals surface area contributed by atoms with E-state index in [4.69, 9.17) is 10.5 Å². The van der Waals surface area contributed by atoms with Crippen LogP contribution in [0.25, 0.3) is 11.2 Å². The molecular formula is C14H20FIN6O2. The van der Waals surface area contributed by atoms with Crippen molar-refractivity contribution >= 4 is 45.5 Å². The Morgan fingerprint density at radius 1 is 1.54 bits per heavy atom. The molecular weight excluding hydrogens is 430 g/mol. The number of rotatable bonds is 4. The van der Waals surface area contributed by atoms with Gasteiger partial charge >= 0.3 is 0 Å². The van der Waals surface area contributed by atoms with Crippen molar-refractivity contribution in [2.24, 2.45) is 0 Å². The number of hydrogen-bond donors (Lipinski definition) is 2. The number of anilines is 2. The summed E-state index contributed by atoms with van der Waals surface area (Å²) >= 11 is 2.06. The Labute approximate surface area is 152 Å². The zero-order valence-corrected chi connectivity index (χ0v) is 15.8. The molecule has 3 N–H and O–H groups in total. The van der Waals surface area contributed by atoms with E-state index in [-0.39, 0.29) is 5.95 Å². The Balaban J connectivity index is 2.13. The van der Waals surface area contributed by atoms with Crippen molar-refractivity contribution in [1.82, 2.24) is 19.5 Å². The fraction of sp³-hybridized carbons (Fsp3) is 0.643. The van der Waals surface area contributed by atoms with Gasteiger partial charge in [-0.1, -0.05) is 22.6 Å². The molecule has 0 aliphatic carbocycles. The monoisotopic (exact) mass is 450 g/mol. The zero-order chi connectivity index (χ0) is 17.6. The van der Waals surface area contributed by atoms with Gasteiger partial charge in [0.05, 0.1) is 12.4 Å². The minimum absolute atomic E-state index is 0.0732. The Morgan fingerprint density at radius 2 is 2.25 bits per heavy atom. The first-order valence-electron chi connectivity index (χ1n) is 7.60. The molecule has 8 nitrogen and oxygen atoms in total. The second-order valence-electron chi connectivity index (χ2n) is 6.02. The summed E-state index contributed by atoms with van der Waals surface area (Å²) < 4.78 is 22.8. The van der Waals surface area contributed by atoms with E-state index in [2.05, 4.69) is 37.5 Å². The first kappa shape index (κ1) is 17.5. The second kappa shape index (κ2) is 6.23. The highest BCUT2D eigenvalue weighted by Crippen LogP contribution is 2.43. The maximum Gasteiger partial charge on any atom is 0.224 e. The molecule has 2 aromatic rings. The third kappa shape index (κ3) is 2.60. The normalized spacial score (nSPS) is 30.2. The maximum absolute atomic E-state index is 15.1. The van der Waals surface area contributed by atoms with Crippen molar-refractivity contribution < 1.29 is 14.2 Å². The van der Waals surface area contributed by atoms with Gasteiger partial charge < -0.3 is 20.5 Å². The van der Waals surface area contributed by atoms with E-state index in [1.54, 1.807) is 0 Å². The summed E-state index contributed by atoms with van der Waals surface area (Å²) in [5.74, 6) is 0.646. The Kier molecular flexibility index (Phi) is 4.55. The first-order valence-corrected chi connectivity index (χ1v) is 9.13. The molecule has 1 aliphatic heterocycles. The molecule has 0 unspecified atom stereocenters. The number of halogens is 2. The molecule has 0 spiro atoms. The van der Waals surface area contributed by atoms with Gasteiger partial charge in [0.1, 0.15) is 6.10 Å². The molecule has 0 radical (unpaired) electrons. The molecule has 0 saturated carbocycles. The smallest absolute Gasteiger partial charge is 0.224 e. The van der Waals surface area contributed by atoms with E-state index >= 15 is 4.39 Å². The van der Waals surface area contributed by atoms with Crippen LogP contribution in [0.4, 0.5) is 16.2 Å². The van der Waals surface area contributed by atoms with Gasteiger partial charge in [-0.2, -0.15) is 9.97 Å². The summed E-state index contributed by atoms with van der Waals surface area (Å²) in [6, 6.07) is 0. The van der Waals surface area contributed by atoms with Crippen LogP contribution in [-0.2, 0) is 4.74 Å². The van der Waals surface area contributed by atoms with Crippen molar-refractivity contribution in [3.05, 3.63) is 6.33 Å². The quantitative estimate of drug-likeness (QED) is 0.535. The SMILES string of the molecule is CCN(C)c1nc(N)nc2c1ncn2[C@@H]1O[C@@H](CI)[C@@H](O)[C@@]1(C)F. The number of nitrogen functional groups attached to an aromatic ring is 1. The summed E-state index contributed by atoms with van der Waals surface area (Å²) in [4.78, 5) is 14.6. The maximum atomic E-state index is 15.1. The number of hydrogen-bond acceptors (Lipinski definition) is 7. The Bertz CT molecular complexity index is 754. The number of imidazole rings is 1. The third-order valence-electron chi connectivity index (χ3n) is 4.38. The predicted octanol–water partition coefficient (Wildman–Crippen LogP) is 1.29. The molecule has 24 heavy (non-hydrogen) atoms. The summed E-state index contributed by atoms with van der Waals surface area (Å²) in [6.45, 7) is 4.00. The molecule has 10 heteroatoms. The van der Waals surface area contributed by atoms with E-state index < -0.39 is 24.1 Å². The number of nitrogens with zero attached hydrogens (tertiary/aromatic N) is 5. The lowest BCUT2D eigenvalue weighted by Crippen LogP contribution is -2.40. The van der Waals surface area contributed by atoms with Crippen molar-refractivity contribution in [2.45, 2.75) is 38.0 Å². The van der Waals surface area contributed by atoms with Crippen LogP contribution in [0.2, 0.25) is 0 Å². The molecule has 1 fully saturated rings. The van der Waals surface area contributed by atoms with Crippen LogP contribution in [0.1, 0.15) is 20.1 Å². The molecule has 1 saturated heterocycles. The van der Waals surface area contributed by atoms with Crippen LogP contribution >= 0.6 is 22.6 Å². The number of ether oxygens (including phenoxy) is 1. The summed E-state index contributed by atoms with van der Waals surface area (Å²) in [6.07, 6.45) is -1.41. The van der Waals surface area contributed by atoms with E-state index in [1.807, 2.05) is 18.9 Å². The molecule has 0 aromatic carbocycles. The molecule has 3 rings (SSSR count). The molecule has 4 atom stereocenters. The third-order valence-corrected chi connectivity index (χ3v) is 5.25. The largest absolute Gasteiger partial charge is 0.387 e. The minimum atomic E-state index is -1.97. The summed E-state index contributed by atoms with van der Waals surface area (Å²) in [7, 11) is 1.86. The van der Waals surface area contributed by atoms with Gasteiger partial charge in [-0.15, -0.1) is 0 Å². The molecule has 132 valence electrons. The predicted molar refractivity (Wildman–Crippen MR) is 97.0 cm³/mol. The van der Waals surface area contributed by atoms with Crippen molar-refractivity contribution in [3.8, 4) is 0 Å². The Hall–Kier alpha value is -1.27. The van der Waals surface area contributed by atoms with E-state index in [0.717, 1.165) is 0 Å². The van der Waals surface area contributed by atoms with Crippen molar-refractivity contribution in [1.29, 1.82) is 0 Å². The number of nitrogens with two attached hydrogens (primary N) is 1. The van der Waals surface area contributed by atoms with Crippen molar-refractivity contribution in [3.63, 3.8) is 0 Å². The van der Waals surface area contributed by atoms with E-state index in [0.29, 0.717) is 28.0 Å². The molecule has 3 heterocycles. The number of alkyl halides is 2. The van der Waals surface area contributed by atoms with Crippen molar-refractivity contribution in [2.75, 3.05) is 28.7 Å². The van der Waals surface area contributed by atoms with E-state index in [9.17, 15) is 5.11 Å². The highest BCUT2D eigenvalue weighted by Gasteiger charge is 2.55.